The molecule has 3 nitrogen and oxygen atoms in total. The Morgan fingerprint density at radius 2 is 1.95 bits per heavy atom. The van der Waals surface area contributed by atoms with E-state index in [4.69, 9.17) is 11.6 Å². The predicted octanol–water partition coefficient (Wildman–Crippen LogP) is 3.26. The lowest BCUT2D eigenvalue weighted by Gasteiger charge is -2.06. The smallest absolute Gasteiger partial charge is 0.151 e. The third kappa shape index (κ3) is 3.78. The number of hydrogen-bond donors (Lipinski definition) is 0. The van der Waals surface area contributed by atoms with Gasteiger partial charge in [-0.2, -0.15) is 0 Å². The number of sulfone groups is 1. The Balaban J connectivity index is 2.35. The van der Waals surface area contributed by atoms with E-state index >= 15 is 0 Å². The molecule has 0 saturated carbocycles. The fraction of sp³-hybridized carbons (Fsp3) is 0.214. The molecule has 0 aliphatic rings. The molecule has 0 radical (unpaired) electrons. The van der Waals surface area contributed by atoms with E-state index in [2.05, 4.69) is 4.98 Å². The van der Waals surface area contributed by atoms with E-state index in [0.29, 0.717) is 10.6 Å². The van der Waals surface area contributed by atoms with Gasteiger partial charge in [-0.1, -0.05) is 29.3 Å². The van der Waals surface area contributed by atoms with Crippen molar-refractivity contribution < 1.29 is 8.42 Å². The van der Waals surface area contributed by atoms with Crippen molar-refractivity contribution in [3.63, 3.8) is 0 Å². The first-order valence-electron chi connectivity index (χ1n) is 5.74. The maximum absolute atomic E-state index is 11.2. The molecule has 5 heteroatoms. The Hall–Kier alpha value is -1.39. The van der Waals surface area contributed by atoms with Gasteiger partial charge in [0.25, 0.3) is 0 Å². The fourth-order valence-electron chi connectivity index (χ4n) is 1.81. The second kappa shape index (κ2) is 5.31. The summed E-state index contributed by atoms with van der Waals surface area (Å²) in [7, 11) is -3.04. The Bertz CT molecular complexity index is 694. The van der Waals surface area contributed by atoms with Crippen molar-refractivity contribution in [3.8, 4) is 11.3 Å². The standard InChI is InChI=1S/C14H14ClNO2S/c1-10-3-5-13(15)12(7-10)14-6-4-11(8-16-14)9-19(2,17)18/h3-8H,9H2,1-2H3. The van der Waals surface area contributed by atoms with Gasteiger partial charge < -0.3 is 0 Å². The SMILES string of the molecule is Cc1ccc(Cl)c(-c2ccc(CS(C)(=O)=O)cn2)c1. The van der Waals surface area contributed by atoms with Gasteiger partial charge in [0.2, 0.25) is 0 Å². The molecule has 0 aliphatic heterocycles. The molecular formula is C14H14ClNO2S. The van der Waals surface area contributed by atoms with E-state index in [1.165, 1.54) is 6.26 Å². The van der Waals surface area contributed by atoms with Crippen molar-refractivity contribution in [1.82, 2.24) is 4.98 Å². The lowest BCUT2D eigenvalue weighted by Crippen LogP contribution is -2.01. The number of rotatable bonds is 3. The van der Waals surface area contributed by atoms with Crippen LogP contribution in [0.25, 0.3) is 11.3 Å². The van der Waals surface area contributed by atoms with Gasteiger partial charge in [0.05, 0.1) is 11.4 Å². The van der Waals surface area contributed by atoms with Crippen molar-refractivity contribution in [2.24, 2.45) is 0 Å². The third-order valence-corrected chi connectivity index (χ3v) is 3.84. The van der Waals surface area contributed by atoms with Crippen LogP contribution in [0.3, 0.4) is 0 Å². The summed E-state index contributed by atoms with van der Waals surface area (Å²) in [5.41, 5.74) is 3.37. The Morgan fingerprint density at radius 3 is 2.53 bits per heavy atom. The van der Waals surface area contributed by atoms with Gasteiger partial charge in [0, 0.05) is 23.0 Å². The molecule has 1 heterocycles. The maximum Gasteiger partial charge on any atom is 0.151 e. The summed E-state index contributed by atoms with van der Waals surface area (Å²) < 4.78 is 22.4. The van der Waals surface area contributed by atoms with Gasteiger partial charge in [0.15, 0.2) is 9.84 Å². The van der Waals surface area contributed by atoms with Gasteiger partial charge in [-0.3, -0.25) is 4.98 Å². The largest absolute Gasteiger partial charge is 0.256 e. The lowest BCUT2D eigenvalue weighted by atomic mass is 10.1. The van der Waals surface area contributed by atoms with E-state index in [1.54, 1.807) is 18.3 Å². The van der Waals surface area contributed by atoms with Crippen molar-refractivity contribution in [2.45, 2.75) is 12.7 Å². The number of pyridine rings is 1. The van der Waals surface area contributed by atoms with Gasteiger partial charge in [-0.15, -0.1) is 0 Å². The predicted molar refractivity (Wildman–Crippen MR) is 78.0 cm³/mol. The summed E-state index contributed by atoms with van der Waals surface area (Å²) in [6, 6.07) is 9.28. The first kappa shape index (κ1) is 14.0. The van der Waals surface area contributed by atoms with Crippen LogP contribution in [0.4, 0.5) is 0 Å². The highest BCUT2D eigenvalue weighted by Crippen LogP contribution is 2.27. The second-order valence-electron chi connectivity index (χ2n) is 4.61. The molecule has 0 atom stereocenters. The fourth-order valence-corrected chi connectivity index (χ4v) is 2.80. The zero-order valence-electron chi connectivity index (χ0n) is 10.7. The van der Waals surface area contributed by atoms with E-state index in [-0.39, 0.29) is 5.75 Å². The van der Waals surface area contributed by atoms with E-state index < -0.39 is 9.84 Å². The molecule has 0 aliphatic carbocycles. The highest BCUT2D eigenvalue weighted by molar-refractivity contribution is 7.89. The highest BCUT2D eigenvalue weighted by Gasteiger charge is 2.08. The maximum atomic E-state index is 11.2. The minimum absolute atomic E-state index is 0.00182. The molecule has 0 unspecified atom stereocenters. The molecule has 0 bridgehead atoms. The molecule has 2 rings (SSSR count). The monoisotopic (exact) mass is 295 g/mol. The molecule has 19 heavy (non-hydrogen) atoms. The normalized spacial score (nSPS) is 11.5. The molecule has 0 saturated heterocycles. The topological polar surface area (TPSA) is 47.0 Å². The summed E-state index contributed by atoms with van der Waals surface area (Å²) in [5, 5.41) is 0.633. The highest BCUT2D eigenvalue weighted by atomic mass is 35.5. The first-order chi connectivity index (χ1) is 8.85. The minimum Gasteiger partial charge on any atom is -0.256 e. The van der Waals surface area contributed by atoms with Crippen LogP contribution in [0, 0.1) is 6.92 Å². The third-order valence-electron chi connectivity index (χ3n) is 2.65. The summed E-state index contributed by atoms with van der Waals surface area (Å²) in [6.45, 7) is 1.98. The van der Waals surface area contributed by atoms with E-state index in [1.807, 2.05) is 25.1 Å². The van der Waals surface area contributed by atoms with Crippen LogP contribution < -0.4 is 0 Å². The number of aromatic nitrogens is 1. The summed E-state index contributed by atoms with van der Waals surface area (Å²) in [5.74, 6) is 0.00182. The quantitative estimate of drug-likeness (QED) is 0.873. The van der Waals surface area contributed by atoms with Crippen LogP contribution in [-0.4, -0.2) is 19.7 Å². The number of nitrogens with zero attached hydrogens (tertiary/aromatic N) is 1. The zero-order chi connectivity index (χ0) is 14.0. The van der Waals surface area contributed by atoms with E-state index in [0.717, 1.165) is 16.8 Å². The molecule has 0 spiro atoms. The second-order valence-corrected chi connectivity index (χ2v) is 7.15. The molecular weight excluding hydrogens is 282 g/mol. The van der Waals surface area contributed by atoms with Crippen molar-refractivity contribution in [3.05, 3.63) is 52.7 Å². The molecule has 1 aromatic carbocycles. The van der Waals surface area contributed by atoms with Crippen molar-refractivity contribution >= 4 is 21.4 Å². The summed E-state index contributed by atoms with van der Waals surface area (Å²) >= 11 is 6.14. The molecule has 0 N–H and O–H groups in total. The van der Waals surface area contributed by atoms with Crippen LogP contribution in [0.1, 0.15) is 11.1 Å². The van der Waals surface area contributed by atoms with Crippen molar-refractivity contribution in [2.75, 3.05) is 6.26 Å². The van der Waals surface area contributed by atoms with Gasteiger partial charge in [0.1, 0.15) is 0 Å². The summed E-state index contributed by atoms with van der Waals surface area (Å²) in [4.78, 5) is 4.29. The van der Waals surface area contributed by atoms with Crippen LogP contribution >= 0.6 is 11.6 Å². The Kier molecular flexibility index (Phi) is 3.92. The lowest BCUT2D eigenvalue weighted by molar-refractivity contribution is 0.601. The van der Waals surface area contributed by atoms with Crippen LogP contribution in [0.2, 0.25) is 5.02 Å². The van der Waals surface area contributed by atoms with Gasteiger partial charge in [-0.05, 0) is 30.7 Å². The zero-order valence-corrected chi connectivity index (χ0v) is 12.3. The van der Waals surface area contributed by atoms with Crippen LogP contribution in [-0.2, 0) is 15.6 Å². The van der Waals surface area contributed by atoms with Gasteiger partial charge in [-0.25, -0.2) is 8.42 Å². The summed E-state index contributed by atoms with van der Waals surface area (Å²) in [6.07, 6.45) is 2.79. The molecule has 1 aromatic heterocycles. The van der Waals surface area contributed by atoms with Gasteiger partial charge >= 0.3 is 0 Å². The van der Waals surface area contributed by atoms with E-state index in [9.17, 15) is 8.42 Å². The number of hydrogen-bond acceptors (Lipinski definition) is 3. The molecule has 100 valence electrons. The number of aryl methyl sites for hydroxylation is 1. The average Bonchev–Trinajstić information content (AvgIpc) is 2.31. The average molecular weight is 296 g/mol. The Morgan fingerprint density at radius 1 is 1.21 bits per heavy atom. The number of benzene rings is 1. The Labute approximate surface area is 118 Å². The number of halogens is 1. The van der Waals surface area contributed by atoms with Crippen LogP contribution in [0.5, 0.6) is 0 Å². The first-order valence-corrected chi connectivity index (χ1v) is 8.18. The molecule has 2 aromatic rings. The van der Waals surface area contributed by atoms with Crippen LogP contribution in [0.15, 0.2) is 36.5 Å². The molecule has 0 amide bonds. The molecule has 0 fully saturated rings. The minimum atomic E-state index is -3.04. The van der Waals surface area contributed by atoms with Crippen molar-refractivity contribution in [1.29, 1.82) is 0 Å².